The number of ether oxygens (including phenoxy) is 1. The highest BCUT2D eigenvalue weighted by atomic mass is 32.2. The van der Waals surface area contributed by atoms with Crippen LogP contribution in [0.1, 0.15) is 10.4 Å². The summed E-state index contributed by atoms with van der Waals surface area (Å²) >= 11 is 1.13. The second kappa shape index (κ2) is 9.51. The minimum atomic E-state index is -3.88. The van der Waals surface area contributed by atoms with E-state index in [0.717, 1.165) is 11.3 Å². The highest BCUT2D eigenvalue weighted by Crippen LogP contribution is 2.21. The summed E-state index contributed by atoms with van der Waals surface area (Å²) in [5.74, 6) is 2.03. The first-order valence-electron chi connectivity index (χ1n) is 9.89. The van der Waals surface area contributed by atoms with E-state index in [2.05, 4.69) is 15.6 Å². The molecule has 0 aliphatic carbocycles. The van der Waals surface area contributed by atoms with Gasteiger partial charge in [-0.05, 0) is 60.7 Å². The Labute approximate surface area is 199 Å². The van der Waals surface area contributed by atoms with Crippen molar-refractivity contribution in [1.82, 2.24) is 4.57 Å². The molecule has 0 atom stereocenters. The number of thiazole rings is 1. The molecule has 7 nitrogen and oxygen atoms in total. The molecule has 3 aromatic carbocycles. The van der Waals surface area contributed by atoms with Crippen molar-refractivity contribution < 1.29 is 22.3 Å². The zero-order valence-electron chi connectivity index (χ0n) is 17.9. The van der Waals surface area contributed by atoms with Crippen molar-refractivity contribution in [2.45, 2.75) is 11.4 Å². The molecular weight excluding hydrogens is 477 g/mol. The molecule has 172 valence electrons. The number of anilines is 1. The molecule has 0 spiro atoms. The lowest BCUT2D eigenvalue weighted by Crippen LogP contribution is -2.17. The number of halogens is 1. The molecule has 4 rings (SSSR count). The third kappa shape index (κ3) is 4.85. The first-order chi connectivity index (χ1) is 16.3. The Kier molecular flexibility index (Phi) is 6.49. The van der Waals surface area contributed by atoms with E-state index >= 15 is 0 Å². The normalized spacial score (nSPS) is 11.9. The van der Waals surface area contributed by atoms with Crippen LogP contribution in [0.5, 0.6) is 5.75 Å². The molecule has 0 saturated carbocycles. The number of hydrogen-bond acceptors (Lipinski definition) is 5. The van der Waals surface area contributed by atoms with Crippen molar-refractivity contribution in [3.8, 4) is 18.1 Å². The van der Waals surface area contributed by atoms with Gasteiger partial charge in [0.2, 0.25) is 0 Å². The van der Waals surface area contributed by atoms with Crippen LogP contribution in [0.25, 0.3) is 10.2 Å². The van der Waals surface area contributed by atoms with Crippen molar-refractivity contribution in [1.29, 1.82) is 0 Å². The summed E-state index contributed by atoms with van der Waals surface area (Å²) in [4.78, 5) is 17.4. The number of rotatable bonds is 6. The number of benzene rings is 3. The highest BCUT2D eigenvalue weighted by Gasteiger charge is 2.16. The number of amides is 1. The van der Waals surface area contributed by atoms with E-state index < -0.39 is 21.7 Å². The molecular formula is C24H18FN3O4S2. The number of carbonyl (C=O) groups excluding carboxylic acids is 1. The van der Waals surface area contributed by atoms with Gasteiger partial charge in [0.15, 0.2) is 4.80 Å². The Bertz CT molecular complexity index is 1600. The van der Waals surface area contributed by atoms with Crippen molar-refractivity contribution in [3.63, 3.8) is 0 Å². The van der Waals surface area contributed by atoms with E-state index in [9.17, 15) is 17.6 Å². The van der Waals surface area contributed by atoms with Crippen molar-refractivity contribution >= 4 is 43.2 Å². The SMILES string of the molecule is C#CCn1c(=NC(=O)c2cccc(NS(=O)(=O)c3ccc(OC)cc3)c2)sc2cc(F)ccc21. The summed E-state index contributed by atoms with van der Waals surface area (Å²) in [7, 11) is -2.40. The van der Waals surface area contributed by atoms with Crippen molar-refractivity contribution in [2.75, 3.05) is 11.8 Å². The molecule has 1 heterocycles. The number of nitrogens with one attached hydrogen (secondary N) is 1. The summed E-state index contributed by atoms with van der Waals surface area (Å²) < 4.78 is 48.8. The minimum absolute atomic E-state index is 0.0440. The van der Waals surface area contributed by atoms with E-state index in [4.69, 9.17) is 11.2 Å². The second-order valence-electron chi connectivity index (χ2n) is 7.07. The van der Waals surface area contributed by atoms with Crippen LogP contribution in [0, 0.1) is 18.2 Å². The topological polar surface area (TPSA) is 89.8 Å². The Balaban J connectivity index is 1.65. The maximum Gasteiger partial charge on any atom is 0.279 e. The Hall–Kier alpha value is -3.94. The lowest BCUT2D eigenvalue weighted by Gasteiger charge is -2.09. The van der Waals surface area contributed by atoms with E-state index in [1.807, 2.05) is 0 Å². The summed E-state index contributed by atoms with van der Waals surface area (Å²) in [5, 5.41) is 0. The number of hydrogen-bond donors (Lipinski definition) is 1. The van der Waals surface area contributed by atoms with E-state index in [0.29, 0.717) is 20.8 Å². The number of carbonyl (C=O) groups is 1. The van der Waals surface area contributed by atoms with Gasteiger partial charge in [-0.1, -0.05) is 23.3 Å². The molecule has 0 fully saturated rings. The quantitative estimate of drug-likeness (QED) is 0.409. The monoisotopic (exact) mass is 495 g/mol. The third-order valence-corrected chi connectivity index (χ3v) is 7.26. The number of fused-ring (bicyclic) bond motifs is 1. The fourth-order valence-electron chi connectivity index (χ4n) is 3.21. The highest BCUT2D eigenvalue weighted by molar-refractivity contribution is 7.92. The van der Waals surface area contributed by atoms with Gasteiger partial charge in [0.25, 0.3) is 15.9 Å². The molecule has 4 aromatic rings. The summed E-state index contributed by atoms with van der Waals surface area (Å²) in [5.41, 5.74) is 1.04. The van der Waals surface area contributed by atoms with Gasteiger partial charge in [-0.25, -0.2) is 12.8 Å². The molecule has 0 aliphatic rings. The standard InChI is InChI=1S/C24H18FN3O4S2/c1-3-13-28-21-12-7-17(25)15-22(21)33-24(28)26-23(29)16-5-4-6-18(14-16)27-34(30,31)20-10-8-19(32-2)9-11-20/h1,4-12,14-15,27H,13H2,2H3. The average Bonchev–Trinajstić information content (AvgIpc) is 3.15. The van der Waals surface area contributed by atoms with Gasteiger partial charge in [-0.2, -0.15) is 4.99 Å². The molecule has 10 heteroatoms. The Morgan fingerprint density at radius 3 is 2.65 bits per heavy atom. The van der Waals surface area contributed by atoms with Crippen LogP contribution >= 0.6 is 11.3 Å². The molecule has 1 aromatic heterocycles. The first-order valence-corrected chi connectivity index (χ1v) is 12.2. The number of aromatic nitrogens is 1. The largest absolute Gasteiger partial charge is 0.497 e. The fourth-order valence-corrected chi connectivity index (χ4v) is 5.31. The van der Waals surface area contributed by atoms with Crippen LogP contribution in [0.2, 0.25) is 0 Å². The summed E-state index contributed by atoms with van der Waals surface area (Å²) in [6, 6.07) is 16.1. The maximum atomic E-state index is 13.6. The second-order valence-corrected chi connectivity index (χ2v) is 9.76. The zero-order valence-corrected chi connectivity index (χ0v) is 19.5. The average molecular weight is 496 g/mol. The van der Waals surface area contributed by atoms with Gasteiger partial charge in [-0.3, -0.25) is 9.52 Å². The van der Waals surface area contributed by atoms with Crippen LogP contribution in [0.15, 0.2) is 76.6 Å². The maximum absolute atomic E-state index is 13.6. The molecule has 34 heavy (non-hydrogen) atoms. The Morgan fingerprint density at radius 1 is 1.18 bits per heavy atom. The van der Waals surface area contributed by atoms with E-state index in [1.165, 1.54) is 61.7 Å². The number of terminal acetylenes is 1. The van der Waals surface area contributed by atoms with Gasteiger partial charge < -0.3 is 9.30 Å². The first kappa shape index (κ1) is 23.2. The summed E-state index contributed by atoms with van der Waals surface area (Å²) in [6.45, 7) is 0.152. The van der Waals surface area contributed by atoms with Gasteiger partial charge in [0.1, 0.15) is 11.6 Å². The molecule has 0 unspecified atom stereocenters. The number of nitrogens with zero attached hydrogens (tertiary/aromatic N) is 2. The fraction of sp³-hybridized carbons (Fsp3) is 0.0833. The van der Waals surface area contributed by atoms with Crippen molar-refractivity contribution in [2.24, 2.45) is 4.99 Å². The molecule has 1 amide bonds. The van der Waals surface area contributed by atoms with Gasteiger partial charge in [0, 0.05) is 11.3 Å². The summed E-state index contributed by atoms with van der Waals surface area (Å²) in [6.07, 6.45) is 5.46. The van der Waals surface area contributed by atoms with Gasteiger partial charge in [-0.15, -0.1) is 6.42 Å². The molecule has 0 radical (unpaired) electrons. The third-order valence-electron chi connectivity index (χ3n) is 4.82. The zero-order chi connectivity index (χ0) is 24.3. The van der Waals surface area contributed by atoms with Crippen LogP contribution in [0.4, 0.5) is 10.1 Å². The molecule has 1 N–H and O–H groups in total. The predicted octanol–water partition coefficient (Wildman–Crippen LogP) is 4.03. The molecule has 0 bridgehead atoms. The predicted molar refractivity (Wildman–Crippen MR) is 129 cm³/mol. The smallest absolute Gasteiger partial charge is 0.279 e. The number of methoxy groups -OCH3 is 1. The van der Waals surface area contributed by atoms with Gasteiger partial charge in [0.05, 0.1) is 28.8 Å². The van der Waals surface area contributed by atoms with Crippen molar-refractivity contribution in [3.05, 3.63) is 82.9 Å². The van der Waals surface area contributed by atoms with E-state index in [1.54, 1.807) is 16.7 Å². The Morgan fingerprint density at radius 2 is 1.94 bits per heavy atom. The van der Waals surface area contributed by atoms with Crippen LogP contribution in [-0.2, 0) is 16.6 Å². The van der Waals surface area contributed by atoms with Crippen LogP contribution in [0.3, 0.4) is 0 Å². The van der Waals surface area contributed by atoms with Gasteiger partial charge >= 0.3 is 0 Å². The van der Waals surface area contributed by atoms with Crippen LogP contribution in [-0.4, -0.2) is 26.0 Å². The van der Waals surface area contributed by atoms with E-state index in [-0.39, 0.29) is 22.7 Å². The lowest BCUT2D eigenvalue weighted by molar-refractivity contribution is 0.0998. The molecule has 0 aliphatic heterocycles. The lowest BCUT2D eigenvalue weighted by atomic mass is 10.2. The van der Waals surface area contributed by atoms with Crippen LogP contribution < -0.4 is 14.3 Å². The minimum Gasteiger partial charge on any atom is -0.497 e. The number of sulfonamides is 1. The molecule has 0 saturated heterocycles.